The molecule has 3 rings (SSSR count). The quantitative estimate of drug-likeness (QED) is 0.639. The van der Waals surface area contributed by atoms with Crippen molar-refractivity contribution in [2.45, 2.75) is 20.8 Å². The predicted octanol–water partition coefficient (Wildman–Crippen LogP) is 5.27. The van der Waals surface area contributed by atoms with E-state index in [1.54, 1.807) is 0 Å². The molecule has 0 unspecified atom stereocenters. The molecule has 1 amide bonds. The number of anilines is 1. The fourth-order valence-electron chi connectivity index (χ4n) is 3.19. The zero-order valence-electron chi connectivity index (χ0n) is 14.8. The zero-order chi connectivity index (χ0) is 18.8. The number of Topliss-reactive ketones (excluding diaryl/α,β-unsaturated/α-hetero) is 1. The zero-order valence-corrected chi connectivity index (χ0v) is 15.6. The van der Waals surface area contributed by atoms with Crippen molar-refractivity contribution in [2.75, 3.05) is 5.32 Å². The van der Waals surface area contributed by atoms with E-state index in [9.17, 15) is 9.59 Å². The Morgan fingerprint density at radius 1 is 0.962 bits per heavy atom. The van der Waals surface area contributed by atoms with Crippen LogP contribution in [0.25, 0.3) is 16.9 Å². The van der Waals surface area contributed by atoms with Gasteiger partial charge in [-0.15, -0.1) is 0 Å². The number of hydrogen-bond acceptors (Lipinski definition) is 2. The second kappa shape index (κ2) is 7.18. The molecule has 4 nitrogen and oxygen atoms in total. The van der Waals surface area contributed by atoms with Crippen molar-refractivity contribution in [3.63, 3.8) is 0 Å². The van der Waals surface area contributed by atoms with Gasteiger partial charge in [0.1, 0.15) is 0 Å². The van der Waals surface area contributed by atoms with E-state index in [0.29, 0.717) is 22.0 Å². The number of hydrogen-bond donors (Lipinski definition) is 1. The number of rotatable bonds is 4. The molecule has 26 heavy (non-hydrogen) atoms. The molecule has 0 atom stereocenters. The topological polar surface area (TPSA) is 51.1 Å². The molecule has 0 saturated heterocycles. The first-order chi connectivity index (χ1) is 12.4. The van der Waals surface area contributed by atoms with Gasteiger partial charge in [0.05, 0.1) is 22.0 Å². The lowest BCUT2D eigenvalue weighted by atomic mass is 10.1. The van der Waals surface area contributed by atoms with Gasteiger partial charge in [0, 0.05) is 23.9 Å². The van der Waals surface area contributed by atoms with Gasteiger partial charge in [-0.2, -0.15) is 0 Å². The van der Waals surface area contributed by atoms with Crippen LogP contribution in [-0.2, 0) is 4.79 Å². The maximum absolute atomic E-state index is 12.2. The second-order valence-corrected chi connectivity index (χ2v) is 6.45. The van der Waals surface area contributed by atoms with Crippen LogP contribution in [0.1, 0.15) is 29.9 Å². The Hall–Kier alpha value is -2.85. The lowest BCUT2D eigenvalue weighted by molar-refractivity contribution is -0.114. The fourth-order valence-corrected chi connectivity index (χ4v) is 3.65. The number of nitrogens with zero attached hydrogens (tertiary/aromatic N) is 1. The van der Waals surface area contributed by atoms with Crippen LogP contribution in [0.3, 0.4) is 0 Å². The van der Waals surface area contributed by atoms with E-state index < -0.39 is 0 Å². The Bertz CT molecular complexity index is 991. The van der Waals surface area contributed by atoms with Gasteiger partial charge in [0.2, 0.25) is 5.91 Å². The smallest absolute Gasteiger partial charge is 0.221 e. The lowest BCUT2D eigenvalue weighted by Crippen LogP contribution is -2.08. The summed E-state index contributed by atoms with van der Waals surface area (Å²) in [6.07, 6.45) is 0. The third-order valence-electron chi connectivity index (χ3n) is 4.21. The van der Waals surface area contributed by atoms with Crippen molar-refractivity contribution >= 4 is 29.0 Å². The number of carbonyl (C=O) groups excluding carboxylic acids is 2. The van der Waals surface area contributed by atoms with Gasteiger partial charge >= 0.3 is 0 Å². The Balaban J connectivity index is 2.37. The summed E-state index contributed by atoms with van der Waals surface area (Å²) in [4.78, 5) is 23.8. The number of aromatic nitrogens is 1. The Morgan fingerprint density at radius 2 is 1.58 bits per heavy atom. The summed E-state index contributed by atoms with van der Waals surface area (Å²) >= 11 is 6.67. The van der Waals surface area contributed by atoms with Crippen LogP contribution >= 0.6 is 11.6 Å². The largest absolute Gasteiger partial charge is 0.326 e. The first-order valence-electron chi connectivity index (χ1n) is 8.26. The van der Waals surface area contributed by atoms with Crippen molar-refractivity contribution in [1.29, 1.82) is 0 Å². The molecule has 0 radical (unpaired) electrons. The molecule has 2 aromatic carbocycles. The van der Waals surface area contributed by atoms with Gasteiger partial charge in [-0.25, -0.2) is 0 Å². The summed E-state index contributed by atoms with van der Waals surface area (Å²) in [5.74, 6) is -0.268. The molecular weight excluding hydrogens is 348 g/mol. The molecule has 0 fully saturated rings. The standard InChI is InChI=1S/C21H19ClN2O2/c1-13-19(14(2)25)20(22)21(24(13)16-9-5-4-6-10-16)17-11-7-8-12-18(17)23-15(3)26/h4-12H,1-3H3,(H,23,26). The van der Waals surface area contributed by atoms with E-state index >= 15 is 0 Å². The van der Waals surface area contributed by atoms with E-state index in [-0.39, 0.29) is 11.7 Å². The van der Waals surface area contributed by atoms with Gasteiger partial charge in [-0.3, -0.25) is 9.59 Å². The summed E-state index contributed by atoms with van der Waals surface area (Å²) in [6, 6.07) is 17.1. The van der Waals surface area contributed by atoms with E-state index in [4.69, 9.17) is 11.6 Å². The molecule has 0 saturated carbocycles. The van der Waals surface area contributed by atoms with Crippen LogP contribution < -0.4 is 5.32 Å². The van der Waals surface area contributed by atoms with E-state index in [1.165, 1.54) is 13.8 Å². The summed E-state index contributed by atoms with van der Waals surface area (Å²) < 4.78 is 1.96. The van der Waals surface area contributed by atoms with Gasteiger partial charge in [0.25, 0.3) is 0 Å². The van der Waals surface area contributed by atoms with Crippen LogP contribution in [0, 0.1) is 6.92 Å². The van der Waals surface area contributed by atoms with Crippen molar-refractivity contribution in [2.24, 2.45) is 0 Å². The number of ketones is 1. The van der Waals surface area contributed by atoms with Crippen molar-refractivity contribution in [3.05, 3.63) is 70.9 Å². The second-order valence-electron chi connectivity index (χ2n) is 6.08. The van der Waals surface area contributed by atoms with E-state index in [1.807, 2.05) is 66.1 Å². The molecule has 0 spiro atoms. The number of halogens is 1. The summed E-state index contributed by atoms with van der Waals surface area (Å²) in [5.41, 5.74) is 4.24. The normalized spacial score (nSPS) is 10.6. The highest BCUT2D eigenvalue weighted by molar-refractivity contribution is 6.37. The maximum Gasteiger partial charge on any atom is 0.221 e. The maximum atomic E-state index is 12.2. The molecule has 132 valence electrons. The minimum atomic E-state index is -0.171. The highest BCUT2D eigenvalue weighted by atomic mass is 35.5. The molecule has 1 N–H and O–H groups in total. The van der Waals surface area contributed by atoms with E-state index in [2.05, 4.69) is 5.32 Å². The third kappa shape index (κ3) is 3.16. The van der Waals surface area contributed by atoms with Crippen LogP contribution in [0.2, 0.25) is 5.02 Å². The van der Waals surface area contributed by atoms with Crippen molar-refractivity contribution < 1.29 is 9.59 Å². The molecule has 5 heteroatoms. The SMILES string of the molecule is CC(=O)Nc1ccccc1-c1c(Cl)c(C(C)=O)c(C)n1-c1ccccc1. The summed E-state index contributed by atoms with van der Waals surface area (Å²) in [6.45, 7) is 4.84. The van der Waals surface area contributed by atoms with Crippen molar-refractivity contribution in [3.8, 4) is 16.9 Å². The van der Waals surface area contributed by atoms with Crippen LogP contribution in [0.5, 0.6) is 0 Å². The highest BCUT2D eigenvalue weighted by Crippen LogP contribution is 2.41. The number of carbonyl (C=O) groups is 2. The van der Waals surface area contributed by atoms with Gasteiger partial charge < -0.3 is 9.88 Å². The molecular formula is C21H19ClN2O2. The predicted molar refractivity (Wildman–Crippen MR) is 105 cm³/mol. The van der Waals surface area contributed by atoms with Crippen LogP contribution in [-0.4, -0.2) is 16.3 Å². The molecule has 0 aliphatic carbocycles. The third-order valence-corrected chi connectivity index (χ3v) is 4.58. The van der Waals surface area contributed by atoms with Gasteiger partial charge in [-0.05, 0) is 32.0 Å². The molecule has 1 aromatic heterocycles. The van der Waals surface area contributed by atoms with Gasteiger partial charge in [-0.1, -0.05) is 48.0 Å². The number of benzene rings is 2. The Morgan fingerprint density at radius 3 is 2.19 bits per heavy atom. The first kappa shape index (κ1) is 18.0. The minimum absolute atomic E-state index is 0.0968. The number of nitrogens with one attached hydrogen (secondary N) is 1. The Labute approximate surface area is 157 Å². The summed E-state index contributed by atoms with van der Waals surface area (Å²) in [5, 5.41) is 3.23. The van der Waals surface area contributed by atoms with Crippen molar-refractivity contribution in [1.82, 2.24) is 4.57 Å². The van der Waals surface area contributed by atoms with Gasteiger partial charge in [0.15, 0.2) is 5.78 Å². The fraction of sp³-hybridized carbons (Fsp3) is 0.143. The monoisotopic (exact) mass is 366 g/mol. The molecule has 0 aliphatic rings. The number of para-hydroxylation sites is 2. The molecule has 1 heterocycles. The highest BCUT2D eigenvalue weighted by Gasteiger charge is 2.25. The lowest BCUT2D eigenvalue weighted by Gasteiger charge is -2.15. The average Bonchev–Trinajstić information content (AvgIpc) is 2.86. The Kier molecular flexibility index (Phi) is 4.96. The van der Waals surface area contributed by atoms with Crippen LogP contribution in [0.15, 0.2) is 54.6 Å². The number of amides is 1. The average molecular weight is 367 g/mol. The molecule has 3 aromatic rings. The summed E-state index contributed by atoms with van der Waals surface area (Å²) in [7, 11) is 0. The first-order valence-corrected chi connectivity index (χ1v) is 8.63. The molecule has 0 aliphatic heterocycles. The minimum Gasteiger partial charge on any atom is -0.326 e. The van der Waals surface area contributed by atoms with Crippen LogP contribution in [0.4, 0.5) is 5.69 Å². The van der Waals surface area contributed by atoms with E-state index in [0.717, 1.165) is 16.9 Å². The molecule has 0 bridgehead atoms.